The molecule has 2 N–H and O–H groups in total. The molecule has 3 nitrogen and oxygen atoms in total. The van der Waals surface area contributed by atoms with Gasteiger partial charge in [-0.15, -0.1) is 0 Å². The fraction of sp³-hybridized carbons (Fsp3) is 0.111. The van der Waals surface area contributed by atoms with Crippen molar-refractivity contribution in [3.8, 4) is 5.75 Å². The minimum atomic E-state index is -2.05. The van der Waals surface area contributed by atoms with Crippen molar-refractivity contribution in [3.05, 3.63) is 36.4 Å². The Kier molecular flexibility index (Phi) is 3.82. The minimum Gasteiger partial charge on any atom is -0.486 e. The molecule has 0 saturated carbocycles. The smallest absolute Gasteiger partial charge is 0.486 e. The van der Waals surface area contributed by atoms with E-state index in [2.05, 4.69) is 6.58 Å². The van der Waals surface area contributed by atoms with Crippen molar-refractivity contribution in [1.82, 2.24) is 0 Å². The van der Waals surface area contributed by atoms with Crippen LogP contribution in [0.1, 0.15) is 0 Å². The first-order chi connectivity index (χ1) is 7.07. The van der Waals surface area contributed by atoms with E-state index in [1.165, 1.54) is 6.08 Å². The summed E-state index contributed by atoms with van der Waals surface area (Å²) in [5.41, 5.74) is -0.529. The zero-order valence-corrected chi connectivity index (χ0v) is 7.78. The number of rotatable bonds is 4. The lowest BCUT2D eigenvalue weighted by Crippen LogP contribution is -2.33. The summed E-state index contributed by atoms with van der Waals surface area (Å²) in [6.07, 6.45) is 1.38. The Morgan fingerprint density at radius 2 is 2.00 bits per heavy atom. The van der Waals surface area contributed by atoms with Gasteiger partial charge in [-0.2, -0.15) is 4.39 Å². The first kappa shape index (κ1) is 11.7. The van der Waals surface area contributed by atoms with E-state index in [-0.39, 0.29) is 12.4 Å². The molecule has 0 aliphatic rings. The van der Waals surface area contributed by atoms with Gasteiger partial charge >= 0.3 is 7.12 Å². The fourth-order valence-corrected chi connectivity index (χ4v) is 1.01. The van der Waals surface area contributed by atoms with Crippen LogP contribution in [0.25, 0.3) is 0 Å². The van der Waals surface area contributed by atoms with Crippen LogP contribution in [0.3, 0.4) is 0 Å². The van der Waals surface area contributed by atoms with E-state index in [0.717, 1.165) is 12.1 Å². The lowest BCUT2D eigenvalue weighted by molar-refractivity contribution is 0.332. The third kappa shape index (κ3) is 2.54. The summed E-state index contributed by atoms with van der Waals surface area (Å²) in [5, 5.41) is 17.4. The summed E-state index contributed by atoms with van der Waals surface area (Å²) in [4.78, 5) is 0. The average molecular weight is 214 g/mol. The Morgan fingerprint density at radius 3 is 2.53 bits per heavy atom. The van der Waals surface area contributed by atoms with Gasteiger partial charge in [0, 0.05) is 5.46 Å². The van der Waals surface area contributed by atoms with Gasteiger partial charge < -0.3 is 14.8 Å². The van der Waals surface area contributed by atoms with E-state index in [4.69, 9.17) is 14.8 Å². The molecule has 0 unspecified atom stereocenters. The molecule has 0 amide bonds. The maximum atomic E-state index is 13.2. The average Bonchev–Trinajstić information content (AvgIpc) is 2.20. The predicted molar refractivity (Wildman–Crippen MR) is 51.9 cm³/mol. The topological polar surface area (TPSA) is 49.7 Å². The van der Waals surface area contributed by atoms with Gasteiger partial charge in [-0.3, -0.25) is 0 Å². The van der Waals surface area contributed by atoms with Crippen LogP contribution in [-0.2, 0) is 0 Å². The van der Waals surface area contributed by atoms with Gasteiger partial charge in [0.15, 0.2) is 17.4 Å². The molecular weight excluding hydrogens is 205 g/mol. The van der Waals surface area contributed by atoms with Crippen LogP contribution in [0.2, 0.25) is 0 Å². The Morgan fingerprint density at radius 1 is 1.33 bits per heavy atom. The first-order valence-corrected chi connectivity index (χ1v) is 4.15. The van der Waals surface area contributed by atoms with Gasteiger partial charge in [0.2, 0.25) is 0 Å². The summed E-state index contributed by atoms with van der Waals surface area (Å²) in [6, 6.07) is 2.16. The molecule has 0 radical (unpaired) electrons. The summed E-state index contributed by atoms with van der Waals surface area (Å²) in [7, 11) is -2.05. The molecule has 0 aromatic heterocycles. The highest BCUT2D eigenvalue weighted by Gasteiger charge is 2.22. The molecule has 15 heavy (non-hydrogen) atoms. The van der Waals surface area contributed by atoms with Gasteiger partial charge in [0.05, 0.1) is 0 Å². The molecule has 0 aliphatic heterocycles. The molecule has 1 aromatic rings. The monoisotopic (exact) mass is 214 g/mol. The molecule has 0 saturated heterocycles. The second kappa shape index (κ2) is 4.90. The third-order valence-corrected chi connectivity index (χ3v) is 1.71. The Hall–Kier alpha value is -1.40. The maximum absolute atomic E-state index is 13.2. The number of halogens is 2. The highest BCUT2D eigenvalue weighted by molar-refractivity contribution is 6.58. The quantitative estimate of drug-likeness (QED) is 0.556. The van der Waals surface area contributed by atoms with Gasteiger partial charge in [-0.25, -0.2) is 4.39 Å². The van der Waals surface area contributed by atoms with Crippen molar-refractivity contribution >= 4 is 12.6 Å². The highest BCUT2D eigenvalue weighted by Crippen LogP contribution is 2.18. The predicted octanol–water partition coefficient (Wildman–Crippen LogP) is 0.209. The van der Waals surface area contributed by atoms with Crippen LogP contribution in [-0.4, -0.2) is 23.8 Å². The number of benzene rings is 1. The van der Waals surface area contributed by atoms with Crippen molar-refractivity contribution in [1.29, 1.82) is 0 Å². The van der Waals surface area contributed by atoms with Gasteiger partial charge in [0.1, 0.15) is 6.61 Å². The number of hydrogen-bond donors (Lipinski definition) is 2. The van der Waals surface area contributed by atoms with E-state index in [9.17, 15) is 8.78 Å². The van der Waals surface area contributed by atoms with Crippen molar-refractivity contribution < 1.29 is 23.6 Å². The van der Waals surface area contributed by atoms with Crippen molar-refractivity contribution in [3.63, 3.8) is 0 Å². The third-order valence-electron chi connectivity index (χ3n) is 1.71. The van der Waals surface area contributed by atoms with Crippen molar-refractivity contribution in [2.24, 2.45) is 0 Å². The molecule has 80 valence electrons. The normalized spacial score (nSPS) is 9.87. The molecular formula is C9H9BF2O3. The lowest BCUT2D eigenvalue weighted by Gasteiger charge is -2.08. The summed E-state index contributed by atoms with van der Waals surface area (Å²) in [5.74, 6) is -2.87. The Bertz CT molecular complexity index is 369. The molecule has 0 fully saturated rings. The molecule has 0 atom stereocenters. The molecule has 6 heteroatoms. The standard InChI is InChI=1S/C9H9BF2O3/c1-2-5-15-7-4-3-6(10(13)14)8(11)9(7)12/h2-4,13-14H,1,5H2. The largest absolute Gasteiger partial charge is 0.491 e. The maximum Gasteiger partial charge on any atom is 0.491 e. The van der Waals surface area contributed by atoms with Crippen LogP contribution in [0.5, 0.6) is 5.75 Å². The van der Waals surface area contributed by atoms with Crippen LogP contribution in [0, 0.1) is 11.6 Å². The van der Waals surface area contributed by atoms with Crippen LogP contribution in [0.15, 0.2) is 24.8 Å². The van der Waals surface area contributed by atoms with Crippen LogP contribution >= 0.6 is 0 Å². The molecule has 0 aliphatic carbocycles. The van der Waals surface area contributed by atoms with Crippen LogP contribution < -0.4 is 10.2 Å². The summed E-state index contributed by atoms with van der Waals surface area (Å²) < 4.78 is 31.1. The highest BCUT2D eigenvalue weighted by atomic mass is 19.2. The first-order valence-electron chi connectivity index (χ1n) is 4.15. The van der Waals surface area contributed by atoms with Crippen molar-refractivity contribution in [2.45, 2.75) is 0 Å². The van der Waals surface area contributed by atoms with E-state index < -0.39 is 24.2 Å². The van der Waals surface area contributed by atoms with Gasteiger partial charge in [0.25, 0.3) is 0 Å². The van der Waals surface area contributed by atoms with E-state index in [1.807, 2.05) is 0 Å². The van der Waals surface area contributed by atoms with Crippen molar-refractivity contribution in [2.75, 3.05) is 6.61 Å². The Labute approximate surface area is 85.8 Å². The fourth-order valence-electron chi connectivity index (χ4n) is 1.01. The van der Waals surface area contributed by atoms with E-state index >= 15 is 0 Å². The van der Waals surface area contributed by atoms with E-state index in [0.29, 0.717) is 0 Å². The van der Waals surface area contributed by atoms with Crippen LogP contribution in [0.4, 0.5) is 8.78 Å². The minimum absolute atomic E-state index is 0.0391. The molecule has 0 heterocycles. The summed E-state index contributed by atoms with van der Waals surface area (Å²) >= 11 is 0. The number of hydrogen-bond acceptors (Lipinski definition) is 3. The molecule has 1 aromatic carbocycles. The van der Waals surface area contributed by atoms with Gasteiger partial charge in [-0.1, -0.05) is 18.7 Å². The molecule has 0 spiro atoms. The Balaban J connectivity index is 3.04. The second-order valence-corrected chi connectivity index (χ2v) is 2.75. The second-order valence-electron chi connectivity index (χ2n) is 2.75. The molecule has 0 bridgehead atoms. The molecule has 1 rings (SSSR count). The van der Waals surface area contributed by atoms with E-state index in [1.54, 1.807) is 0 Å². The SMILES string of the molecule is C=CCOc1ccc(B(O)O)c(F)c1F. The lowest BCUT2D eigenvalue weighted by atomic mass is 9.80. The summed E-state index contributed by atoms with van der Waals surface area (Å²) in [6.45, 7) is 3.39. The van der Waals surface area contributed by atoms with Gasteiger partial charge in [-0.05, 0) is 6.07 Å². The zero-order chi connectivity index (χ0) is 11.4. The zero-order valence-electron chi connectivity index (χ0n) is 7.78. The number of ether oxygens (including phenoxy) is 1.